The number of piperidine rings is 1. The van der Waals surface area contributed by atoms with Crippen LogP contribution in [0.1, 0.15) is 32.1 Å². The third kappa shape index (κ3) is 4.35. The lowest BCUT2D eigenvalue weighted by atomic mass is 9.95. The topological polar surface area (TPSA) is 76.5 Å². The number of aryl methyl sites for hydroxylation is 1. The van der Waals surface area contributed by atoms with Crippen LogP contribution in [0.2, 0.25) is 0 Å². The van der Waals surface area contributed by atoms with Crippen molar-refractivity contribution in [1.29, 1.82) is 0 Å². The molecule has 7 nitrogen and oxygen atoms in total. The first-order valence-electron chi connectivity index (χ1n) is 10.3. The van der Waals surface area contributed by atoms with E-state index in [1.807, 2.05) is 29.4 Å². The van der Waals surface area contributed by atoms with Gasteiger partial charge in [0, 0.05) is 62.9 Å². The molecule has 0 radical (unpaired) electrons. The zero-order valence-electron chi connectivity index (χ0n) is 16.2. The summed E-state index contributed by atoms with van der Waals surface area (Å²) in [6, 6.07) is 4.02. The third-order valence-electron chi connectivity index (χ3n) is 5.89. The van der Waals surface area contributed by atoms with Crippen molar-refractivity contribution in [3.63, 3.8) is 0 Å². The molecule has 2 fully saturated rings. The molecule has 0 aliphatic carbocycles. The molecule has 2 aromatic heterocycles. The van der Waals surface area contributed by atoms with Gasteiger partial charge in [0.15, 0.2) is 0 Å². The maximum atomic E-state index is 12.6. The summed E-state index contributed by atoms with van der Waals surface area (Å²) >= 11 is 0. The number of ether oxygens (including phenoxy) is 1. The Morgan fingerprint density at radius 1 is 1.21 bits per heavy atom. The van der Waals surface area contributed by atoms with E-state index in [0.29, 0.717) is 32.6 Å². The Balaban J connectivity index is 1.21. The Hall–Kier alpha value is -2.41. The highest BCUT2D eigenvalue weighted by atomic mass is 16.5. The van der Waals surface area contributed by atoms with Crippen LogP contribution in [0.25, 0.3) is 10.9 Å². The summed E-state index contributed by atoms with van der Waals surface area (Å²) in [4.78, 5) is 31.0. The van der Waals surface area contributed by atoms with Crippen molar-refractivity contribution in [1.82, 2.24) is 19.8 Å². The molecular formula is C21H28N4O3. The molecule has 1 N–H and O–H groups in total. The number of rotatable bonds is 6. The molecule has 4 rings (SSSR count). The van der Waals surface area contributed by atoms with E-state index in [1.54, 1.807) is 6.20 Å². The fourth-order valence-electron chi connectivity index (χ4n) is 4.15. The Bertz CT molecular complexity index is 820. The van der Waals surface area contributed by atoms with Crippen LogP contribution in [-0.4, -0.2) is 58.6 Å². The second-order valence-corrected chi connectivity index (χ2v) is 7.73. The van der Waals surface area contributed by atoms with Gasteiger partial charge in [0.2, 0.25) is 11.8 Å². The van der Waals surface area contributed by atoms with E-state index < -0.39 is 0 Å². The summed E-state index contributed by atoms with van der Waals surface area (Å²) in [5.74, 6) is 0.266. The van der Waals surface area contributed by atoms with E-state index in [2.05, 4.69) is 14.9 Å². The maximum Gasteiger partial charge on any atom is 0.224 e. The van der Waals surface area contributed by atoms with Gasteiger partial charge in [-0.3, -0.25) is 14.6 Å². The number of carbonyl (C=O) groups excluding carboxylic acids is 2. The molecule has 2 amide bonds. The van der Waals surface area contributed by atoms with Crippen LogP contribution in [0, 0.1) is 5.92 Å². The molecule has 0 spiro atoms. The summed E-state index contributed by atoms with van der Waals surface area (Å²) in [6.45, 7) is 3.37. The van der Waals surface area contributed by atoms with Crippen molar-refractivity contribution in [3.8, 4) is 0 Å². The van der Waals surface area contributed by atoms with E-state index in [-0.39, 0.29) is 23.8 Å². The Morgan fingerprint density at radius 3 is 2.86 bits per heavy atom. The molecule has 2 aromatic rings. The quantitative estimate of drug-likeness (QED) is 0.826. The molecule has 1 atom stereocenters. The molecular weight excluding hydrogens is 356 g/mol. The largest absolute Gasteiger partial charge is 0.376 e. The zero-order valence-corrected chi connectivity index (χ0v) is 16.2. The van der Waals surface area contributed by atoms with E-state index in [0.717, 1.165) is 43.2 Å². The standard InChI is InChI=1S/C21H28N4O3/c26-20(7-12-24-9-4-16-3-8-22-15-19(16)24)25-10-5-17(6-11-25)21(27)23-14-18-2-1-13-28-18/h3-4,8-9,15,17-18H,1-2,5-7,10-14H2,(H,23,27)/t18-/m0/s1. The Morgan fingerprint density at radius 2 is 2.07 bits per heavy atom. The second kappa shape index (κ2) is 8.73. The van der Waals surface area contributed by atoms with Crippen molar-refractivity contribution in [2.24, 2.45) is 5.92 Å². The summed E-state index contributed by atoms with van der Waals surface area (Å²) in [6.07, 6.45) is 9.83. The minimum Gasteiger partial charge on any atom is -0.376 e. The van der Waals surface area contributed by atoms with Crippen LogP contribution in [-0.2, 0) is 20.9 Å². The van der Waals surface area contributed by atoms with Gasteiger partial charge in [-0.25, -0.2) is 0 Å². The number of nitrogens with zero attached hydrogens (tertiary/aromatic N) is 3. The summed E-state index contributed by atoms with van der Waals surface area (Å²) < 4.78 is 7.62. The van der Waals surface area contributed by atoms with Gasteiger partial charge in [-0.2, -0.15) is 0 Å². The van der Waals surface area contributed by atoms with Gasteiger partial charge in [0.05, 0.1) is 17.8 Å². The minimum absolute atomic E-state index is 0.00456. The zero-order chi connectivity index (χ0) is 19.3. The smallest absolute Gasteiger partial charge is 0.224 e. The second-order valence-electron chi connectivity index (χ2n) is 7.73. The highest BCUT2D eigenvalue weighted by Crippen LogP contribution is 2.20. The van der Waals surface area contributed by atoms with Crippen molar-refractivity contribution >= 4 is 22.7 Å². The van der Waals surface area contributed by atoms with Crippen molar-refractivity contribution in [3.05, 3.63) is 30.7 Å². The summed E-state index contributed by atoms with van der Waals surface area (Å²) in [5.41, 5.74) is 1.05. The van der Waals surface area contributed by atoms with Gasteiger partial charge in [-0.1, -0.05) is 0 Å². The number of amides is 2. The molecule has 0 bridgehead atoms. The molecule has 2 aliphatic heterocycles. The Kier molecular flexibility index (Phi) is 5.90. The van der Waals surface area contributed by atoms with Crippen LogP contribution < -0.4 is 5.32 Å². The van der Waals surface area contributed by atoms with Gasteiger partial charge in [-0.15, -0.1) is 0 Å². The van der Waals surface area contributed by atoms with Crippen molar-refractivity contribution in [2.45, 2.75) is 44.8 Å². The lowest BCUT2D eigenvalue weighted by Crippen LogP contribution is -2.44. The first-order valence-corrected chi connectivity index (χ1v) is 10.3. The van der Waals surface area contributed by atoms with Crippen molar-refractivity contribution in [2.75, 3.05) is 26.2 Å². The molecule has 4 heterocycles. The highest BCUT2D eigenvalue weighted by molar-refractivity contribution is 5.81. The van der Waals surface area contributed by atoms with E-state index in [1.165, 1.54) is 0 Å². The number of likely N-dealkylation sites (tertiary alicyclic amines) is 1. The normalized spacial score (nSPS) is 20.6. The van der Waals surface area contributed by atoms with E-state index in [9.17, 15) is 9.59 Å². The summed E-state index contributed by atoms with van der Waals surface area (Å²) in [7, 11) is 0. The molecule has 2 aliphatic rings. The predicted molar refractivity (Wildman–Crippen MR) is 106 cm³/mol. The van der Waals surface area contributed by atoms with Crippen LogP contribution in [0.3, 0.4) is 0 Å². The van der Waals surface area contributed by atoms with Gasteiger partial charge < -0.3 is 19.5 Å². The molecule has 0 aromatic carbocycles. The number of fused-ring (bicyclic) bond motifs is 1. The predicted octanol–water partition coefficient (Wildman–Crippen LogP) is 1.96. The van der Waals surface area contributed by atoms with Crippen LogP contribution >= 0.6 is 0 Å². The summed E-state index contributed by atoms with van der Waals surface area (Å²) in [5, 5.41) is 4.16. The van der Waals surface area contributed by atoms with Crippen LogP contribution in [0.4, 0.5) is 0 Å². The molecule has 2 saturated heterocycles. The molecule has 7 heteroatoms. The average Bonchev–Trinajstić information content (AvgIpc) is 3.40. The molecule has 0 saturated carbocycles. The SMILES string of the molecule is O=C(NC[C@@H]1CCCO1)C1CCN(C(=O)CCn2ccc3ccncc32)CC1. The first-order chi connectivity index (χ1) is 13.7. The van der Waals surface area contributed by atoms with Gasteiger partial charge in [0.1, 0.15) is 0 Å². The molecule has 0 unspecified atom stereocenters. The number of hydrogen-bond donors (Lipinski definition) is 1. The van der Waals surface area contributed by atoms with E-state index in [4.69, 9.17) is 4.74 Å². The fraction of sp³-hybridized carbons (Fsp3) is 0.571. The lowest BCUT2D eigenvalue weighted by molar-refractivity contribution is -0.135. The number of pyridine rings is 1. The average molecular weight is 384 g/mol. The first kappa shape index (κ1) is 18.9. The monoisotopic (exact) mass is 384 g/mol. The van der Waals surface area contributed by atoms with Gasteiger partial charge in [0.25, 0.3) is 0 Å². The number of nitrogens with one attached hydrogen (secondary N) is 1. The maximum absolute atomic E-state index is 12.6. The fourth-order valence-corrected chi connectivity index (χ4v) is 4.15. The highest BCUT2D eigenvalue weighted by Gasteiger charge is 2.27. The van der Waals surface area contributed by atoms with Crippen LogP contribution in [0.5, 0.6) is 0 Å². The third-order valence-corrected chi connectivity index (χ3v) is 5.89. The molecule has 150 valence electrons. The number of carbonyl (C=O) groups is 2. The Labute approximate surface area is 165 Å². The van der Waals surface area contributed by atoms with Gasteiger partial charge >= 0.3 is 0 Å². The number of hydrogen-bond acceptors (Lipinski definition) is 4. The number of aromatic nitrogens is 2. The van der Waals surface area contributed by atoms with Crippen LogP contribution in [0.15, 0.2) is 30.7 Å². The molecule has 28 heavy (non-hydrogen) atoms. The van der Waals surface area contributed by atoms with Crippen molar-refractivity contribution < 1.29 is 14.3 Å². The van der Waals surface area contributed by atoms with Gasteiger partial charge in [-0.05, 0) is 37.8 Å². The lowest BCUT2D eigenvalue weighted by Gasteiger charge is -2.31. The minimum atomic E-state index is 0.00456. The van der Waals surface area contributed by atoms with E-state index >= 15 is 0 Å².